The van der Waals surface area contributed by atoms with Crippen molar-refractivity contribution < 1.29 is 4.74 Å². The van der Waals surface area contributed by atoms with Crippen molar-refractivity contribution in [3.63, 3.8) is 0 Å². The number of benzene rings is 1. The second-order valence-electron chi connectivity index (χ2n) is 3.82. The number of rotatable bonds is 3. The van der Waals surface area contributed by atoms with E-state index in [1.54, 1.807) is 18.2 Å². The Bertz CT molecular complexity index is 573. The van der Waals surface area contributed by atoms with Gasteiger partial charge in [0.1, 0.15) is 5.75 Å². The normalized spacial score (nSPS) is 10.4. The van der Waals surface area contributed by atoms with Crippen molar-refractivity contribution in [2.75, 3.05) is 0 Å². The first kappa shape index (κ1) is 13.1. The standard InChI is InChI=1S/C13H12Cl2N2O/c1-8-2-3-10(15)12(6-8)18-13-5-4-9(14)11(7-16)17-13/h2-6H,7,16H2,1H3. The summed E-state index contributed by atoms with van der Waals surface area (Å²) in [7, 11) is 0. The molecule has 0 amide bonds. The van der Waals surface area contributed by atoms with Gasteiger partial charge >= 0.3 is 0 Å². The number of ether oxygens (including phenoxy) is 1. The van der Waals surface area contributed by atoms with Crippen molar-refractivity contribution in [3.8, 4) is 11.6 Å². The van der Waals surface area contributed by atoms with E-state index in [2.05, 4.69) is 4.98 Å². The minimum absolute atomic E-state index is 0.261. The predicted octanol–water partition coefficient (Wildman–Crippen LogP) is 3.95. The van der Waals surface area contributed by atoms with E-state index < -0.39 is 0 Å². The Morgan fingerprint density at radius 3 is 2.61 bits per heavy atom. The maximum atomic E-state index is 6.05. The molecule has 0 fully saturated rings. The van der Waals surface area contributed by atoms with Crippen LogP contribution in [0.3, 0.4) is 0 Å². The number of aromatic nitrogens is 1. The van der Waals surface area contributed by atoms with E-state index in [0.717, 1.165) is 5.56 Å². The molecule has 5 heteroatoms. The first-order valence-corrected chi connectivity index (χ1v) is 6.15. The molecule has 2 N–H and O–H groups in total. The predicted molar refractivity (Wildman–Crippen MR) is 73.4 cm³/mol. The Hall–Kier alpha value is -1.29. The maximum Gasteiger partial charge on any atom is 0.219 e. The van der Waals surface area contributed by atoms with Crippen LogP contribution in [0.1, 0.15) is 11.3 Å². The van der Waals surface area contributed by atoms with Gasteiger partial charge in [-0.1, -0.05) is 29.3 Å². The molecule has 2 rings (SSSR count). The summed E-state index contributed by atoms with van der Waals surface area (Å²) in [5, 5.41) is 1.06. The van der Waals surface area contributed by atoms with Crippen molar-refractivity contribution in [2.24, 2.45) is 5.73 Å². The lowest BCUT2D eigenvalue weighted by Gasteiger charge is -2.09. The van der Waals surface area contributed by atoms with Crippen molar-refractivity contribution in [3.05, 3.63) is 51.6 Å². The third kappa shape index (κ3) is 2.93. The van der Waals surface area contributed by atoms with Gasteiger partial charge in [-0.2, -0.15) is 0 Å². The molecule has 0 aliphatic carbocycles. The molecule has 1 heterocycles. The monoisotopic (exact) mass is 282 g/mol. The van der Waals surface area contributed by atoms with Crippen molar-refractivity contribution in [1.29, 1.82) is 0 Å². The first-order valence-electron chi connectivity index (χ1n) is 5.39. The molecule has 0 saturated heterocycles. The van der Waals surface area contributed by atoms with Crippen LogP contribution in [0.2, 0.25) is 10.0 Å². The van der Waals surface area contributed by atoms with E-state index in [1.165, 1.54) is 0 Å². The zero-order chi connectivity index (χ0) is 13.1. The van der Waals surface area contributed by atoms with Gasteiger partial charge in [-0.25, -0.2) is 4.98 Å². The fraction of sp³-hybridized carbons (Fsp3) is 0.154. The van der Waals surface area contributed by atoms with Crippen LogP contribution in [0, 0.1) is 6.92 Å². The number of nitrogens with two attached hydrogens (primary N) is 1. The van der Waals surface area contributed by atoms with Crippen LogP contribution < -0.4 is 10.5 Å². The third-order valence-corrected chi connectivity index (χ3v) is 3.04. The second-order valence-corrected chi connectivity index (χ2v) is 4.63. The molecule has 0 bridgehead atoms. The smallest absolute Gasteiger partial charge is 0.219 e. The molecular weight excluding hydrogens is 271 g/mol. The number of pyridine rings is 1. The Kier molecular flexibility index (Phi) is 4.07. The van der Waals surface area contributed by atoms with Crippen LogP contribution in [0.5, 0.6) is 11.6 Å². The van der Waals surface area contributed by atoms with Crippen LogP contribution >= 0.6 is 23.2 Å². The van der Waals surface area contributed by atoms with Crippen LogP contribution in [-0.2, 0) is 6.54 Å². The average molecular weight is 283 g/mol. The summed E-state index contributed by atoms with van der Waals surface area (Å²) in [5.41, 5.74) is 7.19. The summed E-state index contributed by atoms with van der Waals surface area (Å²) in [5.74, 6) is 0.988. The Morgan fingerprint density at radius 1 is 1.17 bits per heavy atom. The van der Waals surface area contributed by atoms with Crippen molar-refractivity contribution >= 4 is 23.2 Å². The fourth-order valence-corrected chi connectivity index (χ4v) is 1.80. The molecule has 18 heavy (non-hydrogen) atoms. The molecule has 0 atom stereocenters. The minimum Gasteiger partial charge on any atom is -0.437 e. The second kappa shape index (κ2) is 5.57. The van der Waals surface area contributed by atoms with Crippen LogP contribution in [0.4, 0.5) is 0 Å². The van der Waals surface area contributed by atoms with E-state index in [1.807, 2.05) is 19.1 Å². The molecule has 1 aromatic carbocycles. The number of halogens is 2. The van der Waals surface area contributed by atoms with Gasteiger partial charge in [-0.05, 0) is 30.7 Å². The molecule has 0 aliphatic rings. The van der Waals surface area contributed by atoms with Gasteiger partial charge in [0.05, 0.1) is 15.7 Å². The van der Waals surface area contributed by atoms with Gasteiger partial charge in [-0.3, -0.25) is 0 Å². The molecule has 3 nitrogen and oxygen atoms in total. The van der Waals surface area contributed by atoms with Gasteiger partial charge in [-0.15, -0.1) is 0 Å². The number of aryl methyl sites for hydroxylation is 1. The van der Waals surface area contributed by atoms with Crippen LogP contribution in [0.15, 0.2) is 30.3 Å². The summed E-state index contributed by atoms with van der Waals surface area (Å²) in [6.45, 7) is 2.22. The molecule has 2 aromatic rings. The lowest BCUT2D eigenvalue weighted by atomic mass is 10.2. The van der Waals surface area contributed by atoms with Gasteiger partial charge in [0, 0.05) is 12.6 Å². The summed E-state index contributed by atoms with van der Waals surface area (Å²) in [6.07, 6.45) is 0. The van der Waals surface area contributed by atoms with Crippen LogP contribution in [0.25, 0.3) is 0 Å². The van der Waals surface area contributed by atoms with Crippen molar-refractivity contribution in [2.45, 2.75) is 13.5 Å². The minimum atomic E-state index is 0.261. The quantitative estimate of drug-likeness (QED) is 0.927. The van der Waals surface area contributed by atoms with E-state index in [9.17, 15) is 0 Å². The summed E-state index contributed by atoms with van der Waals surface area (Å²) in [4.78, 5) is 4.22. The van der Waals surface area contributed by atoms with Gasteiger partial charge in [0.15, 0.2) is 0 Å². The molecule has 0 radical (unpaired) electrons. The SMILES string of the molecule is Cc1ccc(Cl)c(Oc2ccc(Cl)c(CN)n2)c1. The first-order chi connectivity index (χ1) is 8.60. The highest BCUT2D eigenvalue weighted by molar-refractivity contribution is 6.32. The number of hydrogen-bond donors (Lipinski definition) is 1. The molecule has 0 saturated carbocycles. The van der Waals surface area contributed by atoms with E-state index in [-0.39, 0.29) is 6.54 Å². The highest BCUT2D eigenvalue weighted by atomic mass is 35.5. The van der Waals surface area contributed by atoms with E-state index in [4.69, 9.17) is 33.7 Å². The lowest BCUT2D eigenvalue weighted by molar-refractivity contribution is 0.460. The number of nitrogens with zero attached hydrogens (tertiary/aromatic N) is 1. The molecular formula is C13H12Cl2N2O. The molecule has 1 aromatic heterocycles. The molecule has 94 valence electrons. The van der Waals surface area contributed by atoms with Gasteiger partial charge < -0.3 is 10.5 Å². The molecule has 0 spiro atoms. The Morgan fingerprint density at radius 2 is 1.89 bits per heavy atom. The highest BCUT2D eigenvalue weighted by Crippen LogP contribution is 2.30. The van der Waals surface area contributed by atoms with Crippen LogP contribution in [-0.4, -0.2) is 4.98 Å². The molecule has 0 aliphatic heterocycles. The highest BCUT2D eigenvalue weighted by Gasteiger charge is 2.07. The largest absolute Gasteiger partial charge is 0.437 e. The van der Waals surface area contributed by atoms with E-state index >= 15 is 0 Å². The zero-order valence-electron chi connectivity index (χ0n) is 9.78. The van der Waals surface area contributed by atoms with Gasteiger partial charge in [0.2, 0.25) is 5.88 Å². The van der Waals surface area contributed by atoms with Crippen molar-refractivity contribution in [1.82, 2.24) is 4.98 Å². The Labute approximate surface area is 115 Å². The summed E-state index contributed by atoms with van der Waals surface area (Å²) < 4.78 is 5.63. The summed E-state index contributed by atoms with van der Waals surface area (Å²) >= 11 is 12.0. The lowest BCUT2D eigenvalue weighted by Crippen LogP contribution is -2.01. The van der Waals surface area contributed by atoms with E-state index in [0.29, 0.717) is 27.4 Å². The zero-order valence-corrected chi connectivity index (χ0v) is 11.3. The molecule has 0 unspecified atom stereocenters. The topological polar surface area (TPSA) is 48.1 Å². The number of hydrogen-bond acceptors (Lipinski definition) is 3. The Balaban J connectivity index is 2.31. The summed E-state index contributed by atoms with van der Waals surface area (Å²) in [6, 6.07) is 8.93. The van der Waals surface area contributed by atoms with Gasteiger partial charge in [0.25, 0.3) is 0 Å². The average Bonchev–Trinajstić information content (AvgIpc) is 2.36. The fourth-order valence-electron chi connectivity index (χ4n) is 1.47. The third-order valence-electron chi connectivity index (χ3n) is 2.39. The maximum absolute atomic E-state index is 6.05.